The second-order valence-electron chi connectivity index (χ2n) is 1.99. The van der Waals surface area contributed by atoms with Gasteiger partial charge in [0.25, 0.3) is 0 Å². The van der Waals surface area contributed by atoms with Gasteiger partial charge in [-0.2, -0.15) is 0 Å². The summed E-state index contributed by atoms with van der Waals surface area (Å²) < 4.78 is 0. The van der Waals surface area contributed by atoms with Crippen LogP contribution in [0.25, 0.3) is 0 Å². The molecule has 0 heterocycles. The highest BCUT2D eigenvalue weighted by atomic mass is 32.2. The lowest BCUT2D eigenvalue weighted by molar-refractivity contribution is 1.36. The van der Waals surface area contributed by atoms with Crippen molar-refractivity contribution in [3.05, 3.63) is 24.3 Å². The molecule has 0 saturated heterocycles. The highest BCUT2D eigenvalue weighted by Gasteiger charge is 1.90. The van der Waals surface area contributed by atoms with Crippen molar-refractivity contribution < 1.29 is 0 Å². The van der Waals surface area contributed by atoms with Crippen LogP contribution in [0.1, 0.15) is 0 Å². The monoisotopic (exact) mass is 180 g/mol. The first kappa shape index (κ1) is 8.58. The highest BCUT2D eigenvalue weighted by molar-refractivity contribution is 7.99. The standard InChI is InChI=1S/C9H8S2/c1-2-7-11-9-5-3-8(10)4-6-9/h1,3-6,10H,7H2. The number of rotatable bonds is 2. The molecule has 0 fully saturated rings. The summed E-state index contributed by atoms with van der Waals surface area (Å²) in [6.07, 6.45) is 5.12. The molecule has 0 radical (unpaired) electrons. The van der Waals surface area contributed by atoms with E-state index in [1.54, 1.807) is 11.8 Å². The van der Waals surface area contributed by atoms with E-state index in [9.17, 15) is 0 Å². The summed E-state index contributed by atoms with van der Waals surface area (Å²) in [4.78, 5) is 2.18. The Morgan fingerprint density at radius 3 is 2.55 bits per heavy atom. The fourth-order valence-electron chi connectivity index (χ4n) is 0.667. The summed E-state index contributed by atoms with van der Waals surface area (Å²) in [5.74, 6) is 3.30. The summed E-state index contributed by atoms with van der Waals surface area (Å²) in [7, 11) is 0. The third-order valence-electron chi connectivity index (χ3n) is 1.16. The molecule has 0 aliphatic carbocycles. The molecule has 2 heteroatoms. The Balaban J connectivity index is 2.60. The molecule has 1 aromatic rings. The number of thiol groups is 1. The molecule has 0 N–H and O–H groups in total. The Hall–Kier alpha value is -0.520. The largest absolute Gasteiger partial charge is 0.143 e. The van der Waals surface area contributed by atoms with E-state index in [4.69, 9.17) is 6.42 Å². The second-order valence-corrected chi connectivity index (χ2v) is 3.55. The molecular weight excluding hydrogens is 172 g/mol. The van der Waals surface area contributed by atoms with Gasteiger partial charge < -0.3 is 0 Å². The summed E-state index contributed by atoms with van der Waals surface area (Å²) in [5, 5.41) is 0. The maximum Gasteiger partial charge on any atom is 0.0592 e. The molecule has 0 bridgehead atoms. The Morgan fingerprint density at radius 1 is 1.36 bits per heavy atom. The summed E-state index contributed by atoms with van der Waals surface area (Å²) in [6.45, 7) is 0. The third-order valence-corrected chi connectivity index (χ3v) is 2.37. The SMILES string of the molecule is C#CCSc1ccc(S)cc1. The van der Waals surface area contributed by atoms with Crippen molar-refractivity contribution in [3.63, 3.8) is 0 Å². The van der Waals surface area contributed by atoms with Crippen molar-refractivity contribution in [3.8, 4) is 12.3 Å². The normalized spacial score (nSPS) is 9.09. The fraction of sp³-hybridized carbons (Fsp3) is 0.111. The first-order valence-electron chi connectivity index (χ1n) is 3.18. The van der Waals surface area contributed by atoms with Gasteiger partial charge in [-0.3, -0.25) is 0 Å². The van der Waals surface area contributed by atoms with Crippen LogP contribution in [0.4, 0.5) is 0 Å². The molecule has 0 saturated carbocycles. The predicted molar refractivity (Wildman–Crippen MR) is 53.3 cm³/mol. The Labute approximate surface area is 76.8 Å². The van der Waals surface area contributed by atoms with Crippen LogP contribution in [0.2, 0.25) is 0 Å². The van der Waals surface area contributed by atoms with Gasteiger partial charge in [-0.05, 0) is 24.3 Å². The van der Waals surface area contributed by atoms with Crippen molar-refractivity contribution in [1.29, 1.82) is 0 Å². The molecule has 0 atom stereocenters. The maximum atomic E-state index is 5.12. The molecular formula is C9H8S2. The number of hydrogen-bond donors (Lipinski definition) is 1. The van der Waals surface area contributed by atoms with Gasteiger partial charge in [0.2, 0.25) is 0 Å². The smallest absolute Gasteiger partial charge is 0.0592 e. The average Bonchev–Trinajstić information content (AvgIpc) is 2.04. The van der Waals surface area contributed by atoms with E-state index in [2.05, 4.69) is 18.5 Å². The molecule has 0 aromatic heterocycles. The average molecular weight is 180 g/mol. The molecule has 56 valence electrons. The first-order chi connectivity index (χ1) is 5.33. The topological polar surface area (TPSA) is 0 Å². The van der Waals surface area contributed by atoms with Gasteiger partial charge in [-0.15, -0.1) is 30.8 Å². The van der Waals surface area contributed by atoms with Crippen LogP contribution < -0.4 is 0 Å². The van der Waals surface area contributed by atoms with Crippen molar-refractivity contribution in [2.24, 2.45) is 0 Å². The van der Waals surface area contributed by atoms with Crippen LogP contribution in [0.15, 0.2) is 34.1 Å². The van der Waals surface area contributed by atoms with Crippen LogP contribution in [0.5, 0.6) is 0 Å². The molecule has 0 aliphatic heterocycles. The molecule has 0 aliphatic rings. The Morgan fingerprint density at radius 2 is 2.00 bits per heavy atom. The highest BCUT2D eigenvalue weighted by Crippen LogP contribution is 2.18. The van der Waals surface area contributed by atoms with Gasteiger partial charge >= 0.3 is 0 Å². The van der Waals surface area contributed by atoms with Crippen LogP contribution in [-0.2, 0) is 0 Å². The quantitative estimate of drug-likeness (QED) is 0.415. The number of hydrogen-bond acceptors (Lipinski definition) is 2. The van der Waals surface area contributed by atoms with Crippen molar-refractivity contribution in [1.82, 2.24) is 0 Å². The summed E-state index contributed by atoms with van der Waals surface area (Å²) >= 11 is 5.83. The van der Waals surface area contributed by atoms with Crippen LogP contribution in [-0.4, -0.2) is 5.75 Å². The lowest BCUT2D eigenvalue weighted by atomic mass is 10.4. The minimum atomic E-state index is 0.728. The second kappa shape index (κ2) is 4.38. The van der Waals surface area contributed by atoms with Gasteiger partial charge in [0.05, 0.1) is 5.75 Å². The molecule has 0 nitrogen and oxygen atoms in total. The van der Waals surface area contributed by atoms with Gasteiger partial charge in [-0.1, -0.05) is 5.92 Å². The van der Waals surface area contributed by atoms with Gasteiger partial charge in [0.15, 0.2) is 0 Å². The lowest BCUT2D eigenvalue weighted by Gasteiger charge is -1.96. The van der Waals surface area contributed by atoms with Crippen molar-refractivity contribution in [2.75, 3.05) is 5.75 Å². The zero-order valence-corrected chi connectivity index (χ0v) is 7.66. The van der Waals surface area contributed by atoms with E-state index < -0.39 is 0 Å². The Kier molecular flexibility index (Phi) is 3.41. The van der Waals surface area contributed by atoms with Crippen LogP contribution >= 0.6 is 24.4 Å². The molecule has 1 aromatic carbocycles. The van der Waals surface area contributed by atoms with Gasteiger partial charge in [0, 0.05) is 9.79 Å². The van der Waals surface area contributed by atoms with E-state index >= 15 is 0 Å². The van der Waals surface area contributed by atoms with Crippen LogP contribution in [0.3, 0.4) is 0 Å². The van der Waals surface area contributed by atoms with E-state index in [1.165, 1.54) is 4.90 Å². The van der Waals surface area contributed by atoms with Crippen LogP contribution in [0, 0.1) is 12.3 Å². The van der Waals surface area contributed by atoms with Crippen molar-refractivity contribution >= 4 is 24.4 Å². The minimum Gasteiger partial charge on any atom is -0.143 e. The van der Waals surface area contributed by atoms with E-state index in [0.717, 1.165) is 10.6 Å². The van der Waals surface area contributed by atoms with Gasteiger partial charge in [0.1, 0.15) is 0 Å². The molecule has 1 rings (SSSR count). The number of benzene rings is 1. The third kappa shape index (κ3) is 2.92. The molecule has 11 heavy (non-hydrogen) atoms. The first-order valence-corrected chi connectivity index (χ1v) is 4.61. The zero-order valence-electron chi connectivity index (χ0n) is 5.95. The lowest BCUT2D eigenvalue weighted by Crippen LogP contribution is -1.73. The van der Waals surface area contributed by atoms with Crippen molar-refractivity contribution in [2.45, 2.75) is 9.79 Å². The molecule has 0 spiro atoms. The Bertz CT molecular complexity index is 256. The summed E-state index contributed by atoms with van der Waals surface area (Å²) in [6, 6.07) is 7.96. The number of terminal acetylenes is 1. The summed E-state index contributed by atoms with van der Waals surface area (Å²) in [5.41, 5.74) is 0. The molecule has 0 unspecified atom stereocenters. The minimum absolute atomic E-state index is 0.728. The predicted octanol–water partition coefficient (Wildman–Crippen LogP) is 2.70. The maximum absolute atomic E-state index is 5.12. The fourth-order valence-corrected chi connectivity index (χ4v) is 1.39. The zero-order chi connectivity index (χ0) is 8.10. The van der Waals surface area contributed by atoms with E-state index in [0.29, 0.717) is 0 Å². The molecule has 0 amide bonds. The van der Waals surface area contributed by atoms with Gasteiger partial charge in [-0.25, -0.2) is 0 Å². The number of thioether (sulfide) groups is 1. The van der Waals surface area contributed by atoms with E-state index in [-0.39, 0.29) is 0 Å². The van der Waals surface area contributed by atoms with E-state index in [1.807, 2.05) is 24.3 Å².